The molecule has 3 aromatic rings. The highest BCUT2D eigenvalue weighted by Gasteiger charge is 2.30. The Hall–Kier alpha value is -3.03. The van der Waals surface area contributed by atoms with Gasteiger partial charge in [-0.25, -0.2) is 4.98 Å². The Morgan fingerprint density at radius 2 is 1.79 bits per heavy atom. The minimum atomic E-state index is -4.37. The summed E-state index contributed by atoms with van der Waals surface area (Å²) in [6, 6.07) is 12.5. The fourth-order valence-electron chi connectivity index (χ4n) is 4.37. The molecule has 1 aliphatic rings. The molecule has 0 radical (unpaired) electrons. The van der Waals surface area contributed by atoms with Gasteiger partial charge in [-0.1, -0.05) is 31.4 Å². The predicted molar refractivity (Wildman–Crippen MR) is 120 cm³/mol. The molecule has 33 heavy (non-hydrogen) atoms. The molecule has 176 valence electrons. The zero-order chi connectivity index (χ0) is 23.3. The van der Waals surface area contributed by atoms with Crippen LogP contribution in [0.1, 0.15) is 43.5 Å². The van der Waals surface area contributed by atoms with Crippen LogP contribution in [0.3, 0.4) is 0 Å². The summed E-state index contributed by atoms with van der Waals surface area (Å²) >= 11 is 0. The molecular formula is C25H28F3N3O2. The van der Waals surface area contributed by atoms with Crippen LogP contribution in [0, 0.1) is 5.92 Å². The third-order valence-corrected chi connectivity index (χ3v) is 6.12. The van der Waals surface area contributed by atoms with Crippen LogP contribution >= 0.6 is 0 Å². The van der Waals surface area contributed by atoms with Crippen LogP contribution in [-0.2, 0) is 23.9 Å². The minimum absolute atomic E-state index is 0.120. The van der Waals surface area contributed by atoms with Crippen molar-refractivity contribution in [1.29, 1.82) is 0 Å². The maximum absolute atomic E-state index is 12.7. The standard InChI is InChI=1S/C25H28F3N3O2/c26-25(27,28)19-10-12-20(13-11-19)33-17-16-31-22-9-5-4-8-21(22)30-23(31)14-15-29-24(32)18-6-2-1-3-7-18/h4-5,8-13,18H,1-3,6-7,14-17H2,(H,29,32). The first kappa shape index (κ1) is 23.1. The van der Waals surface area contributed by atoms with Gasteiger partial charge in [0.1, 0.15) is 18.2 Å². The third-order valence-electron chi connectivity index (χ3n) is 6.12. The summed E-state index contributed by atoms with van der Waals surface area (Å²) in [6.45, 7) is 1.29. The molecule has 0 unspecified atom stereocenters. The van der Waals surface area contributed by atoms with Crippen LogP contribution in [0.2, 0.25) is 0 Å². The molecule has 1 aliphatic carbocycles. The lowest BCUT2D eigenvalue weighted by molar-refractivity contribution is -0.137. The van der Waals surface area contributed by atoms with E-state index in [1.807, 2.05) is 28.8 Å². The highest BCUT2D eigenvalue weighted by molar-refractivity contribution is 5.78. The molecule has 1 aromatic heterocycles. The van der Waals surface area contributed by atoms with E-state index in [4.69, 9.17) is 9.72 Å². The second-order valence-corrected chi connectivity index (χ2v) is 8.41. The number of carbonyl (C=O) groups is 1. The number of para-hydroxylation sites is 2. The van der Waals surface area contributed by atoms with Gasteiger partial charge in [-0.05, 0) is 49.2 Å². The van der Waals surface area contributed by atoms with Crippen LogP contribution in [0.5, 0.6) is 5.75 Å². The van der Waals surface area contributed by atoms with Crippen LogP contribution < -0.4 is 10.1 Å². The van der Waals surface area contributed by atoms with Crippen LogP contribution in [0.25, 0.3) is 11.0 Å². The van der Waals surface area contributed by atoms with Gasteiger partial charge in [-0.15, -0.1) is 0 Å². The Kier molecular flexibility index (Phi) is 7.20. The molecule has 0 aliphatic heterocycles. The average molecular weight is 460 g/mol. The monoisotopic (exact) mass is 459 g/mol. The van der Waals surface area contributed by atoms with Gasteiger partial charge in [0.05, 0.1) is 23.1 Å². The summed E-state index contributed by atoms with van der Waals surface area (Å²) in [5, 5.41) is 3.06. The fraction of sp³-hybridized carbons (Fsp3) is 0.440. The highest BCUT2D eigenvalue weighted by Crippen LogP contribution is 2.30. The number of fused-ring (bicyclic) bond motifs is 1. The van der Waals surface area contributed by atoms with Crippen LogP contribution in [-0.4, -0.2) is 28.6 Å². The maximum Gasteiger partial charge on any atom is 0.416 e. The topological polar surface area (TPSA) is 56.2 Å². The number of imidazole rings is 1. The zero-order valence-electron chi connectivity index (χ0n) is 18.4. The van der Waals surface area contributed by atoms with Crippen molar-refractivity contribution in [3.8, 4) is 5.75 Å². The zero-order valence-corrected chi connectivity index (χ0v) is 18.4. The summed E-state index contributed by atoms with van der Waals surface area (Å²) in [5.41, 5.74) is 1.12. The number of amides is 1. The van der Waals surface area contributed by atoms with E-state index in [0.717, 1.165) is 54.7 Å². The first-order valence-corrected chi connectivity index (χ1v) is 11.4. The Morgan fingerprint density at radius 1 is 1.06 bits per heavy atom. The third kappa shape index (κ3) is 5.86. The Bertz CT molecular complexity index is 1070. The maximum atomic E-state index is 12.7. The van der Waals surface area contributed by atoms with Gasteiger partial charge in [0.15, 0.2) is 0 Å². The Balaban J connectivity index is 1.37. The highest BCUT2D eigenvalue weighted by atomic mass is 19.4. The molecular weight excluding hydrogens is 431 g/mol. The number of hydrogen-bond donors (Lipinski definition) is 1. The second kappa shape index (κ2) is 10.3. The first-order chi connectivity index (χ1) is 15.9. The van der Waals surface area contributed by atoms with E-state index in [1.165, 1.54) is 18.6 Å². The summed E-state index contributed by atoms with van der Waals surface area (Å²) in [7, 11) is 0. The number of aromatic nitrogens is 2. The second-order valence-electron chi connectivity index (χ2n) is 8.41. The number of nitrogens with zero attached hydrogens (tertiary/aromatic N) is 2. The number of hydrogen-bond acceptors (Lipinski definition) is 3. The Morgan fingerprint density at radius 3 is 2.52 bits per heavy atom. The molecule has 4 rings (SSSR count). The lowest BCUT2D eigenvalue weighted by atomic mass is 9.89. The molecule has 0 spiro atoms. The van der Waals surface area contributed by atoms with Crippen molar-refractivity contribution in [3.63, 3.8) is 0 Å². The number of carbonyl (C=O) groups excluding carboxylic acids is 1. The fourth-order valence-corrected chi connectivity index (χ4v) is 4.37. The van der Waals surface area contributed by atoms with Gasteiger partial charge in [0.25, 0.3) is 0 Å². The van der Waals surface area contributed by atoms with Crippen LogP contribution in [0.4, 0.5) is 13.2 Å². The molecule has 0 bridgehead atoms. The Labute approximate surface area is 191 Å². The van der Waals surface area contributed by atoms with Crippen molar-refractivity contribution in [1.82, 2.24) is 14.9 Å². The molecule has 8 heteroatoms. The van der Waals surface area contributed by atoms with Gasteiger partial charge in [0, 0.05) is 18.9 Å². The van der Waals surface area contributed by atoms with Crippen molar-refractivity contribution in [2.24, 2.45) is 5.92 Å². The molecule has 5 nitrogen and oxygen atoms in total. The molecule has 1 fully saturated rings. The SMILES string of the molecule is O=C(NCCc1nc2ccccc2n1CCOc1ccc(C(F)(F)F)cc1)C1CCCCC1. The van der Waals surface area contributed by atoms with E-state index in [2.05, 4.69) is 5.32 Å². The van der Waals surface area contributed by atoms with E-state index in [-0.39, 0.29) is 18.4 Å². The van der Waals surface area contributed by atoms with Crippen LogP contribution in [0.15, 0.2) is 48.5 Å². The van der Waals surface area contributed by atoms with Gasteiger partial charge in [0.2, 0.25) is 5.91 Å². The molecule has 1 amide bonds. The van der Waals surface area contributed by atoms with Gasteiger partial charge in [-0.2, -0.15) is 13.2 Å². The molecule has 1 N–H and O–H groups in total. The van der Waals surface area contributed by atoms with Crippen molar-refractivity contribution in [2.45, 2.75) is 51.2 Å². The number of halogens is 3. The van der Waals surface area contributed by atoms with E-state index < -0.39 is 11.7 Å². The van der Waals surface area contributed by atoms with E-state index in [1.54, 1.807) is 0 Å². The summed E-state index contributed by atoms with van der Waals surface area (Å²) < 4.78 is 45.9. The van der Waals surface area contributed by atoms with Crippen molar-refractivity contribution in [2.75, 3.05) is 13.2 Å². The smallest absolute Gasteiger partial charge is 0.416 e. The number of ether oxygens (including phenoxy) is 1. The number of benzene rings is 2. The lowest BCUT2D eigenvalue weighted by Gasteiger charge is -2.20. The minimum Gasteiger partial charge on any atom is -0.492 e. The number of rotatable bonds is 8. The normalized spacial score (nSPS) is 15.0. The lowest BCUT2D eigenvalue weighted by Crippen LogP contribution is -2.33. The van der Waals surface area contributed by atoms with Crippen molar-refractivity contribution in [3.05, 3.63) is 59.9 Å². The van der Waals surface area contributed by atoms with E-state index in [9.17, 15) is 18.0 Å². The number of nitrogens with one attached hydrogen (secondary N) is 1. The van der Waals surface area contributed by atoms with Crippen molar-refractivity contribution >= 4 is 16.9 Å². The van der Waals surface area contributed by atoms with Gasteiger partial charge in [-0.3, -0.25) is 4.79 Å². The van der Waals surface area contributed by atoms with Gasteiger partial charge < -0.3 is 14.6 Å². The molecule has 1 heterocycles. The molecule has 2 aromatic carbocycles. The largest absolute Gasteiger partial charge is 0.492 e. The van der Waals surface area contributed by atoms with E-state index in [0.29, 0.717) is 25.3 Å². The van der Waals surface area contributed by atoms with Crippen molar-refractivity contribution < 1.29 is 22.7 Å². The molecule has 0 saturated heterocycles. The van der Waals surface area contributed by atoms with Gasteiger partial charge >= 0.3 is 6.18 Å². The number of alkyl halides is 3. The first-order valence-electron chi connectivity index (χ1n) is 11.4. The quantitative estimate of drug-likeness (QED) is 0.493. The summed E-state index contributed by atoms with van der Waals surface area (Å²) in [5.74, 6) is 1.47. The average Bonchev–Trinajstić information content (AvgIpc) is 3.17. The molecule has 1 saturated carbocycles. The summed E-state index contributed by atoms with van der Waals surface area (Å²) in [6.07, 6.45) is 1.60. The summed E-state index contributed by atoms with van der Waals surface area (Å²) in [4.78, 5) is 17.1. The molecule has 0 atom stereocenters. The predicted octanol–water partition coefficient (Wildman–Crippen LogP) is 5.37. The van der Waals surface area contributed by atoms with E-state index >= 15 is 0 Å².